The molecule has 16 heavy (non-hydrogen) atoms. The first kappa shape index (κ1) is 11.4. The van der Waals surface area contributed by atoms with Crippen molar-refractivity contribution < 1.29 is 9.94 Å². The van der Waals surface area contributed by atoms with Crippen LogP contribution in [0.5, 0.6) is 0 Å². The first-order chi connectivity index (χ1) is 7.50. The zero-order valence-electron chi connectivity index (χ0n) is 9.66. The molecule has 0 aliphatic rings. The van der Waals surface area contributed by atoms with Gasteiger partial charge in [-0.1, -0.05) is 31.5 Å². The van der Waals surface area contributed by atoms with Crippen molar-refractivity contribution in [2.45, 2.75) is 26.7 Å². The van der Waals surface area contributed by atoms with Crippen molar-refractivity contribution in [3.05, 3.63) is 40.1 Å². The summed E-state index contributed by atoms with van der Waals surface area (Å²) in [6, 6.07) is 6.23. The summed E-state index contributed by atoms with van der Waals surface area (Å²) in [7, 11) is 0. The van der Waals surface area contributed by atoms with Gasteiger partial charge in [0.05, 0.1) is 9.86 Å². The Morgan fingerprint density at radius 1 is 1.31 bits per heavy atom. The van der Waals surface area contributed by atoms with Crippen LogP contribution < -0.4 is 4.73 Å². The molecule has 1 N–H and O–H groups in total. The fraction of sp³-hybridized carbons (Fsp3) is 0.308. The van der Waals surface area contributed by atoms with Crippen LogP contribution in [0.2, 0.25) is 0 Å². The minimum Gasteiger partial charge on any atom is -0.285 e. The van der Waals surface area contributed by atoms with Crippen LogP contribution in [0.15, 0.2) is 28.9 Å². The maximum absolute atomic E-state index is 9.94. The van der Waals surface area contributed by atoms with Crippen LogP contribution in [0.4, 0.5) is 0 Å². The number of aryl methyl sites for hydroxylation is 1. The van der Waals surface area contributed by atoms with E-state index in [9.17, 15) is 5.21 Å². The summed E-state index contributed by atoms with van der Waals surface area (Å²) >= 11 is 3.58. The van der Waals surface area contributed by atoms with E-state index < -0.39 is 0 Å². The summed E-state index contributed by atoms with van der Waals surface area (Å²) in [4.78, 5) is 0. The zero-order valence-corrected chi connectivity index (χ0v) is 11.2. The number of hydrogen-bond acceptors (Lipinski definition) is 1. The van der Waals surface area contributed by atoms with Gasteiger partial charge in [0.25, 0.3) is 5.69 Å². The maximum atomic E-state index is 9.94. The summed E-state index contributed by atoms with van der Waals surface area (Å²) in [6.45, 7) is 6.17. The molecule has 1 heterocycles. The normalized spacial score (nSPS) is 11.3. The average molecular weight is 281 g/mol. The topological polar surface area (TPSA) is 24.1 Å². The van der Waals surface area contributed by atoms with Crippen LogP contribution in [-0.4, -0.2) is 5.21 Å². The van der Waals surface area contributed by atoms with Gasteiger partial charge in [-0.2, -0.15) is 0 Å². The fourth-order valence-corrected chi connectivity index (χ4v) is 2.95. The van der Waals surface area contributed by atoms with Crippen LogP contribution in [-0.2, 0) is 0 Å². The summed E-state index contributed by atoms with van der Waals surface area (Å²) < 4.78 is 2.19. The highest BCUT2D eigenvalue weighted by molar-refractivity contribution is 9.10. The highest BCUT2D eigenvalue weighted by Gasteiger charge is 2.22. The van der Waals surface area contributed by atoms with Gasteiger partial charge in [0.15, 0.2) is 0 Å². The number of aromatic nitrogens is 1. The number of halogens is 1. The highest BCUT2D eigenvalue weighted by atomic mass is 79.9. The van der Waals surface area contributed by atoms with E-state index in [1.165, 1.54) is 10.3 Å². The maximum Gasteiger partial charge on any atom is 0.251 e. The third-order valence-electron chi connectivity index (χ3n) is 2.72. The Morgan fingerprint density at radius 2 is 2.00 bits per heavy atom. The third-order valence-corrected chi connectivity index (χ3v) is 3.56. The summed E-state index contributed by atoms with van der Waals surface area (Å²) in [5.74, 6) is 0.269. The Labute approximate surface area is 104 Å². The molecule has 0 amide bonds. The van der Waals surface area contributed by atoms with Crippen LogP contribution >= 0.6 is 15.9 Å². The Hall–Kier alpha value is -1.09. The number of nitrogens with zero attached hydrogens (tertiary/aromatic N) is 1. The molecule has 84 valence electrons. The number of pyridine rings is 1. The van der Waals surface area contributed by atoms with E-state index in [-0.39, 0.29) is 5.92 Å². The number of hydrogen-bond donors (Lipinski definition) is 1. The molecular weight excluding hydrogens is 266 g/mol. The highest BCUT2D eigenvalue weighted by Crippen LogP contribution is 2.29. The van der Waals surface area contributed by atoms with Crippen molar-refractivity contribution in [1.82, 2.24) is 0 Å². The van der Waals surface area contributed by atoms with Gasteiger partial charge in [0, 0.05) is 16.0 Å². The SMILES string of the molecule is Cc1ccc2c(Br)c(C(C)C)[n+](O)cc2c1. The van der Waals surface area contributed by atoms with Gasteiger partial charge in [0.1, 0.15) is 0 Å². The van der Waals surface area contributed by atoms with Gasteiger partial charge in [-0.25, -0.2) is 0 Å². The first-order valence-electron chi connectivity index (χ1n) is 5.34. The van der Waals surface area contributed by atoms with E-state index in [1.807, 2.05) is 6.92 Å². The monoisotopic (exact) mass is 280 g/mol. The molecule has 2 nitrogen and oxygen atoms in total. The molecule has 2 rings (SSSR count). The number of fused-ring (bicyclic) bond motifs is 1. The van der Waals surface area contributed by atoms with Gasteiger partial charge >= 0.3 is 0 Å². The fourth-order valence-electron chi connectivity index (χ4n) is 1.95. The molecule has 0 spiro atoms. The van der Waals surface area contributed by atoms with Gasteiger partial charge < -0.3 is 0 Å². The summed E-state index contributed by atoms with van der Waals surface area (Å²) in [5.41, 5.74) is 2.09. The van der Waals surface area contributed by atoms with Crippen molar-refractivity contribution in [3.63, 3.8) is 0 Å². The summed E-state index contributed by atoms with van der Waals surface area (Å²) in [6.07, 6.45) is 1.77. The molecule has 2 aromatic rings. The van der Waals surface area contributed by atoms with Crippen molar-refractivity contribution in [3.8, 4) is 0 Å². The molecule has 0 aliphatic heterocycles. The number of rotatable bonds is 1. The second-order valence-electron chi connectivity index (χ2n) is 4.42. The molecule has 3 heteroatoms. The van der Waals surface area contributed by atoms with E-state index in [0.717, 1.165) is 20.9 Å². The Morgan fingerprint density at radius 3 is 2.62 bits per heavy atom. The molecule has 0 unspecified atom stereocenters. The van der Waals surface area contributed by atoms with E-state index >= 15 is 0 Å². The molecule has 0 atom stereocenters. The second-order valence-corrected chi connectivity index (χ2v) is 5.21. The smallest absolute Gasteiger partial charge is 0.251 e. The lowest BCUT2D eigenvalue weighted by Crippen LogP contribution is -2.36. The van der Waals surface area contributed by atoms with Crippen molar-refractivity contribution in [2.24, 2.45) is 0 Å². The zero-order chi connectivity index (χ0) is 11.9. The minimum absolute atomic E-state index is 0.269. The Bertz CT molecular complexity index is 549. The molecule has 0 fully saturated rings. The molecule has 0 radical (unpaired) electrons. The lowest BCUT2D eigenvalue weighted by molar-refractivity contribution is -0.909. The van der Waals surface area contributed by atoms with Crippen LogP contribution in [0.3, 0.4) is 0 Å². The molecular formula is C13H15BrNO+. The Balaban J connectivity index is 2.83. The van der Waals surface area contributed by atoms with Crippen LogP contribution in [0.1, 0.15) is 31.0 Å². The van der Waals surface area contributed by atoms with Gasteiger partial charge in [-0.05, 0) is 28.9 Å². The second kappa shape index (κ2) is 4.06. The quantitative estimate of drug-likeness (QED) is 0.627. The molecule has 0 saturated heterocycles. The first-order valence-corrected chi connectivity index (χ1v) is 6.13. The van der Waals surface area contributed by atoms with Crippen LogP contribution in [0, 0.1) is 6.92 Å². The molecule has 1 aromatic heterocycles. The van der Waals surface area contributed by atoms with Gasteiger partial charge in [0.2, 0.25) is 6.20 Å². The third kappa shape index (κ3) is 1.80. The van der Waals surface area contributed by atoms with Crippen LogP contribution in [0.25, 0.3) is 10.8 Å². The van der Waals surface area contributed by atoms with E-state index in [0.29, 0.717) is 0 Å². The van der Waals surface area contributed by atoms with Crippen molar-refractivity contribution in [1.29, 1.82) is 0 Å². The lowest BCUT2D eigenvalue weighted by atomic mass is 10.0. The largest absolute Gasteiger partial charge is 0.285 e. The van der Waals surface area contributed by atoms with E-state index in [1.54, 1.807) is 6.20 Å². The van der Waals surface area contributed by atoms with Crippen molar-refractivity contribution in [2.75, 3.05) is 0 Å². The van der Waals surface area contributed by atoms with Crippen molar-refractivity contribution >= 4 is 26.7 Å². The van der Waals surface area contributed by atoms with Gasteiger partial charge in [-0.15, -0.1) is 0 Å². The predicted molar refractivity (Wildman–Crippen MR) is 67.9 cm³/mol. The lowest BCUT2D eigenvalue weighted by Gasteiger charge is -2.06. The van der Waals surface area contributed by atoms with Gasteiger partial charge in [-0.3, -0.25) is 5.21 Å². The molecule has 0 bridgehead atoms. The standard InChI is InChI=1S/C13H15BrNO/c1-8(2)13-12(14)11-5-4-9(3)6-10(11)7-15(13)16/h4-8,16H,1-3H3/q+1. The molecule has 0 aliphatic carbocycles. The number of benzene rings is 1. The minimum atomic E-state index is 0.269. The molecule has 0 saturated carbocycles. The Kier molecular flexibility index (Phi) is 2.89. The predicted octanol–water partition coefficient (Wildman–Crippen LogP) is 3.56. The van der Waals surface area contributed by atoms with E-state index in [4.69, 9.17) is 0 Å². The average Bonchev–Trinajstić information content (AvgIpc) is 2.15. The summed E-state index contributed by atoms with van der Waals surface area (Å²) in [5, 5.41) is 12.1. The molecule has 1 aromatic carbocycles. The van der Waals surface area contributed by atoms with E-state index in [2.05, 4.69) is 48.0 Å².